The van der Waals surface area contributed by atoms with Crippen molar-refractivity contribution in [2.45, 2.75) is 63.1 Å². The number of methoxy groups -OCH3 is 1. The van der Waals surface area contributed by atoms with E-state index < -0.39 is 0 Å². The lowest BCUT2D eigenvalue weighted by molar-refractivity contribution is 0.0564. The van der Waals surface area contributed by atoms with Gasteiger partial charge >= 0.3 is 0 Å². The summed E-state index contributed by atoms with van der Waals surface area (Å²) in [5, 5.41) is 6.14. The van der Waals surface area contributed by atoms with Crippen LogP contribution in [0.5, 0.6) is 0 Å². The number of hydrogen-bond acceptors (Lipinski definition) is 3. The molecule has 0 saturated heterocycles. The first-order chi connectivity index (χ1) is 8.86. The summed E-state index contributed by atoms with van der Waals surface area (Å²) >= 11 is 1.93. The van der Waals surface area contributed by atoms with E-state index in [2.05, 4.69) is 16.8 Å². The minimum atomic E-state index is 0.474. The van der Waals surface area contributed by atoms with Crippen molar-refractivity contribution in [1.82, 2.24) is 5.32 Å². The molecular weight excluding hydrogens is 242 g/mol. The second-order valence-corrected chi connectivity index (χ2v) is 6.63. The molecule has 100 valence electrons. The predicted molar refractivity (Wildman–Crippen MR) is 76.2 cm³/mol. The van der Waals surface area contributed by atoms with Crippen LogP contribution < -0.4 is 5.32 Å². The average Bonchev–Trinajstić information content (AvgIpc) is 2.88. The molecule has 3 unspecified atom stereocenters. The minimum absolute atomic E-state index is 0.474. The SMILES string of the molecule is COC1CCCC(NC2CCCc3sccc32)C1. The summed E-state index contributed by atoms with van der Waals surface area (Å²) in [7, 11) is 1.85. The zero-order valence-electron chi connectivity index (χ0n) is 11.2. The second-order valence-electron chi connectivity index (χ2n) is 5.63. The van der Waals surface area contributed by atoms with Crippen LogP contribution in [-0.2, 0) is 11.2 Å². The maximum Gasteiger partial charge on any atom is 0.0586 e. The Labute approximate surface area is 114 Å². The van der Waals surface area contributed by atoms with Crippen LogP contribution in [0.2, 0.25) is 0 Å². The lowest BCUT2D eigenvalue weighted by Crippen LogP contribution is -2.39. The molecule has 3 atom stereocenters. The second kappa shape index (κ2) is 5.72. The molecule has 0 aliphatic heterocycles. The van der Waals surface area contributed by atoms with Crippen LogP contribution in [0, 0.1) is 0 Å². The molecule has 1 aromatic heterocycles. The Bertz CT molecular complexity index is 390. The molecule has 1 aromatic rings. The fraction of sp³-hybridized carbons (Fsp3) is 0.733. The lowest BCUT2D eigenvalue weighted by Gasteiger charge is -2.33. The predicted octanol–water partition coefficient (Wildman–Crippen LogP) is 3.67. The Morgan fingerprint density at radius 1 is 1.28 bits per heavy atom. The van der Waals surface area contributed by atoms with Gasteiger partial charge in [0.1, 0.15) is 0 Å². The third kappa shape index (κ3) is 2.63. The topological polar surface area (TPSA) is 21.3 Å². The molecular formula is C15H23NOS. The summed E-state index contributed by atoms with van der Waals surface area (Å²) in [5.74, 6) is 0. The first kappa shape index (κ1) is 12.6. The van der Waals surface area contributed by atoms with Crippen LogP contribution >= 0.6 is 11.3 Å². The van der Waals surface area contributed by atoms with E-state index in [4.69, 9.17) is 4.74 Å². The fourth-order valence-corrected chi connectivity index (χ4v) is 4.44. The Morgan fingerprint density at radius 2 is 2.22 bits per heavy atom. The van der Waals surface area contributed by atoms with E-state index in [1.807, 2.05) is 18.4 Å². The molecule has 1 fully saturated rings. The number of aryl methyl sites for hydroxylation is 1. The molecule has 0 radical (unpaired) electrons. The van der Waals surface area contributed by atoms with Gasteiger partial charge in [0.2, 0.25) is 0 Å². The van der Waals surface area contributed by atoms with Crippen LogP contribution in [0.25, 0.3) is 0 Å². The van der Waals surface area contributed by atoms with E-state index in [0.29, 0.717) is 18.2 Å². The minimum Gasteiger partial charge on any atom is -0.381 e. The largest absolute Gasteiger partial charge is 0.381 e. The van der Waals surface area contributed by atoms with E-state index in [1.165, 1.54) is 44.9 Å². The van der Waals surface area contributed by atoms with Gasteiger partial charge in [0.15, 0.2) is 0 Å². The zero-order chi connectivity index (χ0) is 12.4. The molecule has 2 nitrogen and oxygen atoms in total. The van der Waals surface area contributed by atoms with E-state index in [-0.39, 0.29) is 0 Å². The van der Waals surface area contributed by atoms with Crippen molar-refractivity contribution in [3.8, 4) is 0 Å². The summed E-state index contributed by atoms with van der Waals surface area (Å²) < 4.78 is 5.53. The molecule has 2 aliphatic rings. The first-order valence-electron chi connectivity index (χ1n) is 7.22. The van der Waals surface area contributed by atoms with Gasteiger partial charge in [-0.05, 0) is 62.0 Å². The van der Waals surface area contributed by atoms with Gasteiger partial charge < -0.3 is 10.1 Å². The highest BCUT2D eigenvalue weighted by molar-refractivity contribution is 7.10. The summed E-state index contributed by atoms with van der Waals surface area (Å²) in [6.45, 7) is 0. The number of fused-ring (bicyclic) bond motifs is 1. The maximum absolute atomic E-state index is 5.53. The molecule has 3 rings (SSSR count). The molecule has 18 heavy (non-hydrogen) atoms. The van der Waals surface area contributed by atoms with Crippen LogP contribution in [0.4, 0.5) is 0 Å². The Kier molecular flexibility index (Phi) is 4.02. The van der Waals surface area contributed by atoms with Crippen molar-refractivity contribution in [2.75, 3.05) is 7.11 Å². The van der Waals surface area contributed by atoms with E-state index >= 15 is 0 Å². The summed E-state index contributed by atoms with van der Waals surface area (Å²) in [6.07, 6.45) is 9.45. The smallest absolute Gasteiger partial charge is 0.0586 e. The van der Waals surface area contributed by atoms with Crippen LogP contribution in [0.3, 0.4) is 0 Å². The van der Waals surface area contributed by atoms with Crippen molar-refractivity contribution in [1.29, 1.82) is 0 Å². The Hall–Kier alpha value is -0.380. The highest BCUT2D eigenvalue weighted by Crippen LogP contribution is 2.34. The number of thiophene rings is 1. The van der Waals surface area contributed by atoms with Crippen LogP contribution in [0.1, 0.15) is 55.0 Å². The van der Waals surface area contributed by atoms with E-state index in [9.17, 15) is 0 Å². The van der Waals surface area contributed by atoms with Gasteiger partial charge in [-0.1, -0.05) is 0 Å². The van der Waals surface area contributed by atoms with Gasteiger partial charge in [0, 0.05) is 24.1 Å². The van der Waals surface area contributed by atoms with Crippen molar-refractivity contribution in [2.24, 2.45) is 0 Å². The first-order valence-corrected chi connectivity index (χ1v) is 8.10. The molecule has 0 spiro atoms. The Balaban J connectivity index is 1.64. The molecule has 0 bridgehead atoms. The lowest BCUT2D eigenvalue weighted by atomic mass is 9.89. The van der Waals surface area contributed by atoms with Gasteiger partial charge in [-0.2, -0.15) is 0 Å². The number of rotatable bonds is 3. The third-order valence-electron chi connectivity index (χ3n) is 4.45. The monoisotopic (exact) mass is 265 g/mol. The molecule has 0 amide bonds. The maximum atomic E-state index is 5.53. The standard InChI is InChI=1S/C15H23NOS/c1-17-12-5-2-4-11(10-12)16-14-6-3-7-15-13(14)8-9-18-15/h8-9,11-12,14,16H,2-7,10H2,1H3. The van der Waals surface area contributed by atoms with E-state index in [0.717, 1.165) is 0 Å². The van der Waals surface area contributed by atoms with Crippen molar-refractivity contribution < 1.29 is 4.74 Å². The van der Waals surface area contributed by atoms with Gasteiger partial charge in [-0.25, -0.2) is 0 Å². The Morgan fingerprint density at radius 3 is 3.11 bits per heavy atom. The molecule has 3 heteroatoms. The normalized spacial score (nSPS) is 32.2. The van der Waals surface area contributed by atoms with Gasteiger partial charge in [-0.15, -0.1) is 11.3 Å². The van der Waals surface area contributed by atoms with Gasteiger partial charge in [0.25, 0.3) is 0 Å². The molecule has 1 heterocycles. The quantitative estimate of drug-likeness (QED) is 0.900. The summed E-state index contributed by atoms with van der Waals surface area (Å²) in [6, 6.07) is 3.58. The number of ether oxygens (including phenoxy) is 1. The van der Waals surface area contributed by atoms with Crippen LogP contribution in [-0.4, -0.2) is 19.3 Å². The molecule has 1 saturated carbocycles. The molecule has 2 aliphatic carbocycles. The summed E-state index contributed by atoms with van der Waals surface area (Å²) in [4.78, 5) is 1.61. The molecule has 0 aromatic carbocycles. The zero-order valence-corrected chi connectivity index (χ0v) is 12.0. The highest BCUT2D eigenvalue weighted by Gasteiger charge is 2.27. The average molecular weight is 265 g/mol. The van der Waals surface area contributed by atoms with Crippen LogP contribution in [0.15, 0.2) is 11.4 Å². The van der Waals surface area contributed by atoms with Gasteiger partial charge in [-0.3, -0.25) is 0 Å². The third-order valence-corrected chi connectivity index (χ3v) is 5.44. The highest BCUT2D eigenvalue weighted by atomic mass is 32.1. The van der Waals surface area contributed by atoms with Crippen molar-refractivity contribution >= 4 is 11.3 Å². The number of nitrogens with one attached hydrogen (secondary N) is 1. The number of hydrogen-bond donors (Lipinski definition) is 1. The molecule has 1 N–H and O–H groups in total. The van der Waals surface area contributed by atoms with Crippen molar-refractivity contribution in [3.63, 3.8) is 0 Å². The summed E-state index contributed by atoms with van der Waals surface area (Å²) in [5.41, 5.74) is 1.57. The fourth-order valence-electron chi connectivity index (χ4n) is 3.45. The van der Waals surface area contributed by atoms with Crippen molar-refractivity contribution in [3.05, 3.63) is 21.9 Å². The van der Waals surface area contributed by atoms with E-state index in [1.54, 1.807) is 10.4 Å². The van der Waals surface area contributed by atoms with Gasteiger partial charge in [0.05, 0.1) is 6.10 Å².